The normalized spacial score (nSPS) is 14.1. The number of aromatic nitrogens is 2. The van der Waals surface area contributed by atoms with Gasteiger partial charge in [0, 0.05) is 19.3 Å². The van der Waals surface area contributed by atoms with Gasteiger partial charge >= 0.3 is 0 Å². The zero-order valence-electron chi connectivity index (χ0n) is 16.3. The van der Waals surface area contributed by atoms with Crippen LogP contribution >= 0.6 is 0 Å². The lowest BCUT2D eigenvalue weighted by molar-refractivity contribution is 0.238. The van der Waals surface area contributed by atoms with Gasteiger partial charge < -0.3 is 19.8 Å². The van der Waals surface area contributed by atoms with Crippen molar-refractivity contribution in [2.75, 3.05) is 43.9 Å². The fourth-order valence-electron chi connectivity index (χ4n) is 3.31. The number of anilines is 3. The molecule has 8 heteroatoms. The molecule has 0 unspecified atom stereocenters. The first kappa shape index (κ1) is 19.2. The first-order chi connectivity index (χ1) is 14.2. The number of ether oxygens (including phenoxy) is 1. The van der Waals surface area contributed by atoms with Crippen LogP contribution in [0.5, 0.6) is 5.75 Å². The first-order valence-electron chi connectivity index (χ1n) is 9.74. The van der Waals surface area contributed by atoms with Gasteiger partial charge in [0.15, 0.2) is 17.4 Å². The summed E-state index contributed by atoms with van der Waals surface area (Å²) in [5, 5.41) is 5.85. The predicted octanol–water partition coefficient (Wildman–Crippen LogP) is 4.14. The molecule has 2 aromatic heterocycles. The second-order valence-electron chi connectivity index (χ2n) is 6.83. The Morgan fingerprint density at radius 1 is 1.14 bits per heavy atom. The lowest BCUT2D eigenvalue weighted by Gasteiger charge is -2.15. The number of hydrogen-bond donors (Lipinski definition) is 2. The quantitative estimate of drug-likeness (QED) is 0.592. The maximum absolute atomic E-state index is 14.5. The van der Waals surface area contributed by atoms with Gasteiger partial charge in [-0.1, -0.05) is 0 Å². The topological polar surface area (TPSA) is 75.5 Å². The van der Waals surface area contributed by atoms with Crippen molar-refractivity contribution >= 4 is 17.5 Å². The second-order valence-corrected chi connectivity index (χ2v) is 6.83. The fourth-order valence-corrected chi connectivity index (χ4v) is 3.31. The summed E-state index contributed by atoms with van der Waals surface area (Å²) in [6.07, 6.45) is 4.04. The molecule has 1 aliphatic rings. The summed E-state index contributed by atoms with van der Waals surface area (Å²) in [6.45, 7) is 3.95. The summed E-state index contributed by atoms with van der Waals surface area (Å²) < 4.78 is 25.7. The molecular formula is C21H24FN5O2. The van der Waals surface area contributed by atoms with E-state index in [1.807, 2.05) is 24.3 Å². The number of halogens is 1. The van der Waals surface area contributed by atoms with Crippen LogP contribution < -0.4 is 15.4 Å². The van der Waals surface area contributed by atoms with E-state index in [1.54, 1.807) is 19.2 Å². The zero-order chi connectivity index (χ0) is 20.1. The molecule has 1 fully saturated rings. The zero-order valence-corrected chi connectivity index (χ0v) is 16.3. The SMILES string of the molecule is CNc1nc(Nc2ccc(OCCN3CCCC3)cc2)nc(-c2ccco2)c1F. The van der Waals surface area contributed by atoms with Crippen LogP contribution in [0.4, 0.5) is 21.8 Å². The molecule has 29 heavy (non-hydrogen) atoms. The summed E-state index contributed by atoms with van der Waals surface area (Å²) in [5.74, 6) is 0.948. The van der Waals surface area contributed by atoms with E-state index in [0.717, 1.165) is 18.0 Å². The minimum Gasteiger partial charge on any atom is -0.492 e. The predicted molar refractivity (Wildman–Crippen MR) is 110 cm³/mol. The summed E-state index contributed by atoms with van der Waals surface area (Å²) in [6, 6.07) is 10.9. The molecule has 1 saturated heterocycles. The van der Waals surface area contributed by atoms with Gasteiger partial charge in [-0.2, -0.15) is 4.98 Å². The lowest BCUT2D eigenvalue weighted by Crippen LogP contribution is -2.25. The average molecular weight is 397 g/mol. The second kappa shape index (κ2) is 8.91. The van der Waals surface area contributed by atoms with Crippen LogP contribution in [0, 0.1) is 5.82 Å². The Labute approximate surface area is 168 Å². The molecule has 1 aromatic carbocycles. The van der Waals surface area contributed by atoms with Gasteiger partial charge in [-0.3, -0.25) is 4.90 Å². The summed E-state index contributed by atoms with van der Waals surface area (Å²) in [5.41, 5.74) is 0.870. The van der Waals surface area contributed by atoms with Crippen molar-refractivity contribution in [2.24, 2.45) is 0 Å². The van der Waals surface area contributed by atoms with Gasteiger partial charge in [0.25, 0.3) is 0 Å². The van der Waals surface area contributed by atoms with E-state index in [-0.39, 0.29) is 17.5 Å². The van der Waals surface area contributed by atoms with Gasteiger partial charge in [0.05, 0.1) is 6.26 Å². The third-order valence-electron chi connectivity index (χ3n) is 4.83. The van der Waals surface area contributed by atoms with Crippen LogP contribution in [0.3, 0.4) is 0 Å². The number of hydrogen-bond acceptors (Lipinski definition) is 7. The molecule has 4 rings (SSSR count). The lowest BCUT2D eigenvalue weighted by atomic mass is 10.3. The third-order valence-corrected chi connectivity index (χ3v) is 4.83. The molecule has 0 amide bonds. The number of likely N-dealkylation sites (tertiary alicyclic amines) is 1. The van der Waals surface area contributed by atoms with Crippen LogP contribution in [-0.2, 0) is 0 Å². The molecule has 1 aliphatic heterocycles. The van der Waals surface area contributed by atoms with Gasteiger partial charge in [0.2, 0.25) is 5.95 Å². The minimum atomic E-state index is -0.560. The monoisotopic (exact) mass is 397 g/mol. The van der Waals surface area contributed by atoms with E-state index < -0.39 is 5.82 Å². The average Bonchev–Trinajstić information content (AvgIpc) is 3.45. The highest BCUT2D eigenvalue weighted by atomic mass is 19.1. The van der Waals surface area contributed by atoms with Crippen LogP contribution in [0.2, 0.25) is 0 Å². The number of benzene rings is 1. The molecule has 152 valence electrons. The van der Waals surface area contributed by atoms with E-state index in [9.17, 15) is 4.39 Å². The smallest absolute Gasteiger partial charge is 0.230 e. The summed E-state index contributed by atoms with van der Waals surface area (Å²) in [4.78, 5) is 10.9. The molecule has 3 aromatic rings. The maximum atomic E-state index is 14.5. The van der Waals surface area contributed by atoms with Crippen LogP contribution in [-0.4, -0.2) is 48.2 Å². The van der Waals surface area contributed by atoms with Crippen molar-refractivity contribution in [2.45, 2.75) is 12.8 Å². The molecule has 0 saturated carbocycles. The van der Waals surface area contributed by atoms with Crippen molar-refractivity contribution in [3.8, 4) is 17.2 Å². The van der Waals surface area contributed by atoms with Crippen LogP contribution in [0.15, 0.2) is 47.1 Å². The molecule has 2 N–H and O–H groups in total. The van der Waals surface area contributed by atoms with E-state index in [4.69, 9.17) is 9.15 Å². The molecule has 0 bridgehead atoms. The molecule has 7 nitrogen and oxygen atoms in total. The Morgan fingerprint density at radius 2 is 1.93 bits per heavy atom. The molecule has 3 heterocycles. The van der Waals surface area contributed by atoms with Gasteiger partial charge in [-0.15, -0.1) is 0 Å². The van der Waals surface area contributed by atoms with Crippen molar-refractivity contribution in [3.63, 3.8) is 0 Å². The highest BCUT2D eigenvalue weighted by Gasteiger charge is 2.17. The Hall–Kier alpha value is -3.13. The highest BCUT2D eigenvalue weighted by molar-refractivity contribution is 5.64. The number of nitrogens with zero attached hydrogens (tertiary/aromatic N) is 3. The Kier molecular flexibility index (Phi) is 5.90. The largest absolute Gasteiger partial charge is 0.492 e. The third kappa shape index (κ3) is 4.65. The number of nitrogens with one attached hydrogen (secondary N) is 2. The Morgan fingerprint density at radius 3 is 2.62 bits per heavy atom. The summed E-state index contributed by atoms with van der Waals surface area (Å²) in [7, 11) is 1.61. The van der Waals surface area contributed by atoms with E-state index in [2.05, 4.69) is 25.5 Å². The maximum Gasteiger partial charge on any atom is 0.230 e. The molecule has 0 radical (unpaired) electrons. The van der Waals surface area contributed by atoms with E-state index >= 15 is 0 Å². The Bertz CT molecular complexity index is 925. The van der Waals surface area contributed by atoms with Crippen molar-refractivity contribution in [3.05, 3.63) is 48.5 Å². The number of rotatable bonds is 8. The summed E-state index contributed by atoms with van der Waals surface area (Å²) >= 11 is 0. The van der Waals surface area contributed by atoms with E-state index in [1.165, 1.54) is 32.2 Å². The molecule has 0 spiro atoms. The molecule has 0 atom stereocenters. The minimum absolute atomic E-state index is 0.0933. The van der Waals surface area contributed by atoms with Crippen molar-refractivity contribution in [1.29, 1.82) is 0 Å². The first-order valence-corrected chi connectivity index (χ1v) is 9.74. The van der Waals surface area contributed by atoms with Crippen LogP contribution in [0.1, 0.15) is 12.8 Å². The van der Waals surface area contributed by atoms with E-state index in [0.29, 0.717) is 12.4 Å². The molecule has 0 aliphatic carbocycles. The van der Waals surface area contributed by atoms with Crippen molar-refractivity contribution < 1.29 is 13.5 Å². The van der Waals surface area contributed by atoms with Crippen molar-refractivity contribution in [1.82, 2.24) is 14.9 Å². The molecular weight excluding hydrogens is 373 g/mol. The highest BCUT2D eigenvalue weighted by Crippen LogP contribution is 2.28. The fraction of sp³-hybridized carbons (Fsp3) is 0.333. The standard InChI is InChI=1S/C21H24FN5O2/c1-23-20-18(22)19(17-5-4-13-29-17)25-21(26-20)24-15-6-8-16(9-7-15)28-14-12-27-10-2-3-11-27/h4-9,13H,2-3,10-12,14H2,1H3,(H2,23,24,25,26). The van der Waals surface area contributed by atoms with Gasteiger partial charge in [0.1, 0.15) is 18.1 Å². The number of furan rings is 1. The van der Waals surface area contributed by atoms with Gasteiger partial charge in [-0.05, 0) is 62.3 Å². The Balaban J connectivity index is 1.42. The van der Waals surface area contributed by atoms with Gasteiger partial charge in [-0.25, -0.2) is 9.37 Å². The van der Waals surface area contributed by atoms with Crippen LogP contribution in [0.25, 0.3) is 11.5 Å².